The van der Waals surface area contributed by atoms with Gasteiger partial charge in [0.2, 0.25) is 11.8 Å². The number of carbonyl (C=O) groups is 2. The normalized spacial score (nSPS) is 18.4. The van der Waals surface area contributed by atoms with Gasteiger partial charge in [0.15, 0.2) is 0 Å². The third kappa shape index (κ3) is 4.77. The Kier molecular flexibility index (Phi) is 6.23. The predicted octanol–water partition coefficient (Wildman–Crippen LogP) is 4.50. The summed E-state index contributed by atoms with van der Waals surface area (Å²) in [5, 5.41) is 2.92. The Labute approximate surface area is 177 Å². The molecule has 2 atom stereocenters. The van der Waals surface area contributed by atoms with Crippen LogP contribution >= 0.6 is 0 Å². The Hall–Kier alpha value is -3.40. The molecule has 0 spiro atoms. The van der Waals surface area contributed by atoms with Crippen molar-refractivity contribution in [3.05, 3.63) is 102 Å². The Morgan fingerprint density at radius 2 is 1.47 bits per heavy atom. The molecule has 0 bridgehead atoms. The second-order valence-electron chi connectivity index (χ2n) is 7.76. The van der Waals surface area contributed by atoms with Crippen molar-refractivity contribution in [1.29, 1.82) is 0 Å². The number of nitrogens with one attached hydrogen (secondary N) is 1. The Morgan fingerprint density at radius 1 is 0.867 bits per heavy atom. The lowest BCUT2D eigenvalue weighted by molar-refractivity contribution is -0.133. The predicted molar refractivity (Wildman–Crippen MR) is 119 cm³/mol. The summed E-state index contributed by atoms with van der Waals surface area (Å²) >= 11 is 0. The van der Waals surface area contributed by atoms with Gasteiger partial charge in [0.25, 0.3) is 0 Å². The molecule has 4 heteroatoms. The Morgan fingerprint density at radius 3 is 2.13 bits per heavy atom. The van der Waals surface area contributed by atoms with E-state index in [0.717, 1.165) is 17.7 Å². The molecule has 0 saturated carbocycles. The van der Waals surface area contributed by atoms with Crippen molar-refractivity contribution < 1.29 is 9.59 Å². The summed E-state index contributed by atoms with van der Waals surface area (Å²) < 4.78 is 0. The van der Waals surface area contributed by atoms with Crippen LogP contribution in [0.3, 0.4) is 0 Å². The summed E-state index contributed by atoms with van der Waals surface area (Å²) in [5.74, 6) is -0.365. The van der Waals surface area contributed by atoms with Crippen LogP contribution in [0.2, 0.25) is 0 Å². The van der Waals surface area contributed by atoms with E-state index < -0.39 is 0 Å². The molecule has 4 nitrogen and oxygen atoms in total. The van der Waals surface area contributed by atoms with Crippen molar-refractivity contribution in [1.82, 2.24) is 4.90 Å². The summed E-state index contributed by atoms with van der Waals surface area (Å²) in [6, 6.07) is 29.7. The fraction of sp³-hybridized carbons (Fsp3) is 0.231. The lowest BCUT2D eigenvalue weighted by atomic mass is 9.86. The van der Waals surface area contributed by atoms with Gasteiger partial charge in [-0.2, -0.15) is 0 Å². The summed E-state index contributed by atoms with van der Waals surface area (Å²) in [4.78, 5) is 27.9. The zero-order valence-corrected chi connectivity index (χ0v) is 16.9. The molecule has 3 aromatic carbocycles. The molecule has 4 rings (SSSR count). The molecule has 0 aromatic heterocycles. The molecule has 1 heterocycles. The van der Waals surface area contributed by atoms with Gasteiger partial charge in [0, 0.05) is 31.1 Å². The van der Waals surface area contributed by atoms with Gasteiger partial charge in [-0.15, -0.1) is 0 Å². The average molecular weight is 399 g/mol. The summed E-state index contributed by atoms with van der Waals surface area (Å²) in [6.45, 7) is 1.32. The van der Waals surface area contributed by atoms with Gasteiger partial charge in [0.05, 0.1) is 5.92 Å². The minimum Gasteiger partial charge on any atom is -0.341 e. The number of likely N-dealkylation sites (tertiary alicyclic amines) is 1. The Balaban J connectivity index is 1.48. The number of nitrogens with zero attached hydrogens (tertiary/aromatic N) is 1. The Bertz CT molecular complexity index is 974. The highest BCUT2D eigenvalue weighted by Gasteiger charge is 2.41. The van der Waals surface area contributed by atoms with Gasteiger partial charge in [0.1, 0.15) is 0 Å². The summed E-state index contributed by atoms with van der Waals surface area (Å²) in [7, 11) is 0. The maximum Gasteiger partial charge on any atom is 0.226 e. The van der Waals surface area contributed by atoms with E-state index >= 15 is 0 Å². The molecule has 2 amide bonds. The molecule has 0 unspecified atom stereocenters. The van der Waals surface area contributed by atoms with Crippen LogP contribution in [0.4, 0.5) is 5.69 Å². The summed E-state index contributed by atoms with van der Waals surface area (Å²) in [5.41, 5.74) is 3.09. The van der Waals surface area contributed by atoms with Gasteiger partial charge in [-0.05, 0) is 29.7 Å². The third-order valence-electron chi connectivity index (χ3n) is 5.74. The van der Waals surface area contributed by atoms with Crippen LogP contribution in [0.5, 0.6) is 0 Å². The molecule has 1 aliphatic rings. The van der Waals surface area contributed by atoms with Gasteiger partial charge >= 0.3 is 0 Å². The van der Waals surface area contributed by atoms with Crippen molar-refractivity contribution in [2.45, 2.75) is 18.8 Å². The van der Waals surface area contributed by atoms with Gasteiger partial charge in [-0.3, -0.25) is 9.59 Å². The number of anilines is 1. The van der Waals surface area contributed by atoms with Crippen LogP contribution in [0.15, 0.2) is 91.0 Å². The highest BCUT2D eigenvalue weighted by Crippen LogP contribution is 2.36. The average Bonchev–Trinajstić information content (AvgIpc) is 3.09. The first kappa shape index (κ1) is 19.9. The highest BCUT2D eigenvalue weighted by molar-refractivity contribution is 5.95. The molecule has 1 fully saturated rings. The number of benzene rings is 3. The molecule has 3 aromatic rings. The molecule has 0 aliphatic carbocycles. The second kappa shape index (κ2) is 9.40. The number of hydrogen-bond donors (Lipinski definition) is 1. The largest absolute Gasteiger partial charge is 0.341 e. The van der Waals surface area contributed by atoms with Crippen molar-refractivity contribution in [3.63, 3.8) is 0 Å². The zero-order valence-electron chi connectivity index (χ0n) is 16.9. The van der Waals surface area contributed by atoms with Crippen molar-refractivity contribution in [3.8, 4) is 0 Å². The van der Waals surface area contributed by atoms with Crippen LogP contribution in [-0.4, -0.2) is 29.8 Å². The van der Waals surface area contributed by atoms with Crippen molar-refractivity contribution >= 4 is 17.5 Å². The van der Waals surface area contributed by atoms with Crippen LogP contribution < -0.4 is 5.32 Å². The van der Waals surface area contributed by atoms with Crippen molar-refractivity contribution in [2.75, 3.05) is 18.4 Å². The number of rotatable bonds is 7. The topological polar surface area (TPSA) is 49.4 Å². The smallest absolute Gasteiger partial charge is 0.226 e. The molecule has 1 aliphatic heterocycles. The lowest BCUT2D eigenvalue weighted by Gasteiger charge is -2.16. The number of hydrogen-bond acceptors (Lipinski definition) is 2. The lowest BCUT2D eigenvalue weighted by Crippen LogP contribution is -2.30. The number of amides is 2. The first-order chi connectivity index (χ1) is 14.7. The minimum atomic E-state index is -0.341. The van der Waals surface area contributed by atoms with Gasteiger partial charge < -0.3 is 10.2 Å². The monoisotopic (exact) mass is 398 g/mol. The van der Waals surface area contributed by atoms with Crippen LogP contribution in [0, 0.1) is 5.92 Å². The number of carbonyl (C=O) groups excluding carboxylic acids is 2. The fourth-order valence-corrected chi connectivity index (χ4v) is 4.17. The van der Waals surface area contributed by atoms with E-state index in [4.69, 9.17) is 0 Å². The van der Waals surface area contributed by atoms with Crippen LogP contribution in [0.25, 0.3) is 0 Å². The zero-order chi connectivity index (χ0) is 20.8. The van der Waals surface area contributed by atoms with E-state index in [1.54, 1.807) is 0 Å². The van der Waals surface area contributed by atoms with Crippen LogP contribution in [0.1, 0.15) is 23.5 Å². The van der Waals surface area contributed by atoms with E-state index in [9.17, 15) is 9.59 Å². The SMILES string of the molecule is O=C(C[C@H]1C(=O)N(CCc2ccccc2)C[C@@H]1c1ccccc1)Nc1ccccc1. The van der Waals surface area contributed by atoms with E-state index in [0.29, 0.717) is 13.1 Å². The maximum absolute atomic E-state index is 13.2. The summed E-state index contributed by atoms with van der Waals surface area (Å²) in [6.07, 6.45) is 1.01. The van der Waals surface area contributed by atoms with Crippen molar-refractivity contribution in [2.24, 2.45) is 5.92 Å². The molecule has 152 valence electrons. The maximum atomic E-state index is 13.2. The third-order valence-corrected chi connectivity index (χ3v) is 5.74. The van der Waals surface area contributed by atoms with Gasteiger partial charge in [-0.25, -0.2) is 0 Å². The molecular formula is C26H26N2O2. The molecular weight excluding hydrogens is 372 g/mol. The minimum absolute atomic E-state index is 0.0241. The van der Waals surface area contributed by atoms with Crippen LogP contribution in [-0.2, 0) is 16.0 Å². The quantitative estimate of drug-likeness (QED) is 0.637. The van der Waals surface area contributed by atoms with E-state index in [1.165, 1.54) is 5.56 Å². The molecule has 1 saturated heterocycles. The van der Waals surface area contributed by atoms with E-state index in [-0.39, 0.29) is 30.1 Å². The van der Waals surface area contributed by atoms with E-state index in [1.807, 2.05) is 71.6 Å². The molecule has 1 N–H and O–H groups in total. The highest BCUT2D eigenvalue weighted by atomic mass is 16.2. The number of para-hydroxylation sites is 1. The molecule has 0 radical (unpaired) electrons. The first-order valence-corrected chi connectivity index (χ1v) is 10.4. The fourth-order valence-electron chi connectivity index (χ4n) is 4.17. The molecule has 30 heavy (non-hydrogen) atoms. The van der Waals surface area contributed by atoms with Gasteiger partial charge in [-0.1, -0.05) is 78.9 Å². The second-order valence-corrected chi connectivity index (χ2v) is 7.76. The first-order valence-electron chi connectivity index (χ1n) is 10.4. The van der Waals surface area contributed by atoms with E-state index in [2.05, 4.69) is 29.6 Å². The standard InChI is InChI=1S/C26H26N2O2/c29-25(27-22-14-8-3-9-15-22)18-23-24(21-12-6-2-7-13-21)19-28(26(23)30)17-16-20-10-4-1-5-11-20/h1-15,23-24H,16-19H2,(H,27,29)/t23-,24-/m1/s1.